The van der Waals surface area contributed by atoms with Gasteiger partial charge in [0.05, 0.1) is 33.7 Å². The quantitative estimate of drug-likeness (QED) is 0.394. The van der Waals surface area contributed by atoms with Gasteiger partial charge in [0.15, 0.2) is 0 Å². The Kier molecular flexibility index (Phi) is 8.71. The van der Waals surface area contributed by atoms with Gasteiger partial charge >= 0.3 is 6.09 Å². The van der Waals surface area contributed by atoms with Crippen molar-refractivity contribution in [2.24, 2.45) is 5.73 Å². The lowest BCUT2D eigenvalue weighted by molar-refractivity contribution is -0.116. The summed E-state index contributed by atoms with van der Waals surface area (Å²) in [5.41, 5.74) is 8.28. The molecule has 2 saturated heterocycles. The third-order valence-electron chi connectivity index (χ3n) is 6.30. The van der Waals surface area contributed by atoms with Crippen molar-refractivity contribution in [2.75, 3.05) is 41.3 Å². The second-order valence-electron chi connectivity index (χ2n) is 9.13. The number of ether oxygens (including phenoxy) is 1. The topological polar surface area (TPSA) is 117 Å². The van der Waals surface area contributed by atoms with Crippen LogP contribution in [0.3, 0.4) is 0 Å². The normalized spacial score (nSPS) is 19.5. The Hall–Kier alpha value is -2.82. The van der Waals surface area contributed by atoms with Crippen LogP contribution in [0.2, 0.25) is 4.34 Å². The van der Waals surface area contributed by atoms with Crippen LogP contribution in [-0.2, 0) is 9.53 Å². The third-order valence-corrected chi connectivity index (χ3v) is 7.53. The lowest BCUT2D eigenvalue weighted by Gasteiger charge is -2.24. The average molecular weight is 534 g/mol. The van der Waals surface area contributed by atoms with Crippen molar-refractivity contribution in [3.8, 4) is 0 Å². The lowest BCUT2D eigenvalue weighted by Crippen LogP contribution is -2.34. The molecule has 0 bridgehead atoms. The summed E-state index contributed by atoms with van der Waals surface area (Å²) in [6.45, 7) is 4.08. The summed E-state index contributed by atoms with van der Waals surface area (Å²) in [5, 5.41) is 5.84. The molecule has 2 aromatic rings. The number of carbonyl (C=O) groups is 3. The van der Waals surface area contributed by atoms with Gasteiger partial charge in [0.2, 0.25) is 5.91 Å². The van der Waals surface area contributed by atoms with Crippen molar-refractivity contribution in [3.63, 3.8) is 0 Å². The molecule has 0 aliphatic carbocycles. The molecule has 194 valence electrons. The van der Waals surface area contributed by atoms with Gasteiger partial charge in [-0.05, 0) is 43.2 Å². The van der Waals surface area contributed by atoms with Crippen LogP contribution in [0.4, 0.5) is 21.9 Å². The summed E-state index contributed by atoms with van der Waals surface area (Å²) >= 11 is 7.09. The highest BCUT2D eigenvalue weighted by Crippen LogP contribution is 2.34. The van der Waals surface area contributed by atoms with E-state index < -0.39 is 12.2 Å². The molecule has 0 radical (unpaired) electrons. The molecule has 11 heteroatoms. The number of nitrogens with zero attached hydrogens (tertiary/aromatic N) is 2. The summed E-state index contributed by atoms with van der Waals surface area (Å²) in [4.78, 5) is 41.8. The Morgan fingerprint density at radius 1 is 1.22 bits per heavy atom. The average Bonchev–Trinajstić information content (AvgIpc) is 3.57. The van der Waals surface area contributed by atoms with Crippen LogP contribution in [0.15, 0.2) is 30.3 Å². The number of hydrogen-bond acceptors (Lipinski definition) is 7. The molecule has 1 unspecified atom stereocenters. The molecule has 0 saturated carbocycles. The first-order valence-corrected chi connectivity index (χ1v) is 13.5. The summed E-state index contributed by atoms with van der Waals surface area (Å²) in [7, 11) is 0. The number of carbonyl (C=O) groups excluding carboxylic acids is 3. The van der Waals surface area contributed by atoms with E-state index in [1.54, 1.807) is 12.1 Å². The van der Waals surface area contributed by atoms with E-state index in [1.807, 2.05) is 18.2 Å². The Bertz CT molecular complexity index is 1110. The van der Waals surface area contributed by atoms with E-state index in [9.17, 15) is 14.4 Å². The van der Waals surface area contributed by atoms with Crippen LogP contribution in [0.25, 0.3) is 0 Å². The van der Waals surface area contributed by atoms with Gasteiger partial charge in [-0.3, -0.25) is 14.5 Å². The van der Waals surface area contributed by atoms with Crippen LogP contribution in [0, 0.1) is 0 Å². The molecule has 9 nitrogen and oxygen atoms in total. The molecule has 0 spiro atoms. The number of thiophene rings is 1. The molecule has 3 amide bonds. The van der Waals surface area contributed by atoms with Crippen molar-refractivity contribution >= 4 is 57.9 Å². The molecule has 4 rings (SSSR count). The second-order valence-corrected chi connectivity index (χ2v) is 10.8. The van der Waals surface area contributed by atoms with E-state index in [0.717, 1.165) is 37.9 Å². The summed E-state index contributed by atoms with van der Waals surface area (Å²) in [6.07, 6.45) is 3.20. The number of unbranched alkanes of at least 4 members (excludes halogenated alkanes) is 2. The maximum absolute atomic E-state index is 12.7. The predicted molar refractivity (Wildman–Crippen MR) is 143 cm³/mol. The molecule has 1 aromatic heterocycles. The van der Waals surface area contributed by atoms with Gasteiger partial charge in [0, 0.05) is 31.2 Å². The molecular formula is C25H32ClN5O4S. The van der Waals surface area contributed by atoms with Gasteiger partial charge in [-0.15, -0.1) is 11.3 Å². The minimum Gasteiger partial charge on any atom is -0.442 e. The monoisotopic (exact) mass is 533 g/mol. The minimum absolute atomic E-state index is 0.0522. The number of nitrogens with two attached hydrogens (primary N) is 1. The van der Waals surface area contributed by atoms with Gasteiger partial charge in [0.25, 0.3) is 5.91 Å². The van der Waals surface area contributed by atoms with Crippen molar-refractivity contribution in [2.45, 2.75) is 51.2 Å². The molecule has 4 N–H and O–H groups in total. The zero-order valence-electron chi connectivity index (χ0n) is 20.3. The van der Waals surface area contributed by atoms with Crippen LogP contribution in [-0.4, -0.2) is 56.2 Å². The number of halogens is 1. The maximum Gasteiger partial charge on any atom is 0.414 e. The number of benzene rings is 1. The molecule has 2 aliphatic heterocycles. The first-order valence-electron chi connectivity index (χ1n) is 12.3. The number of cyclic esters (lactones) is 1. The Balaban J connectivity index is 1.44. The molecule has 2 aliphatic rings. The fourth-order valence-corrected chi connectivity index (χ4v) is 5.35. The number of amides is 3. The Morgan fingerprint density at radius 2 is 2.06 bits per heavy atom. The van der Waals surface area contributed by atoms with E-state index in [0.29, 0.717) is 33.6 Å². The Labute approximate surface area is 219 Å². The lowest BCUT2D eigenvalue weighted by atomic mass is 10.1. The summed E-state index contributed by atoms with van der Waals surface area (Å²) in [6, 6.07) is 8.99. The van der Waals surface area contributed by atoms with Gasteiger partial charge in [-0.1, -0.05) is 31.4 Å². The van der Waals surface area contributed by atoms with Crippen LogP contribution in [0.5, 0.6) is 0 Å². The van der Waals surface area contributed by atoms with Crippen molar-refractivity contribution < 1.29 is 19.1 Å². The number of nitrogens with one attached hydrogen (secondary N) is 2. The zero-order valence-corrected chi connectivity index (χ0v) is 21.9. The standard InChI is InChI=1S/C25H32ClN5O4S/c1-2-3-4-5-23(32)29-19-12-17(6-7-20(19)30-11-10-16(27)14-30)31-15-18(35-25(31)34)13-28-24(33)21-8-9-22(26)36-21/h6-9,12,16,18H,2-5,10-11,13-15,27H2,1H3,(H,28,33)(H,29,32)/t16-,18?/m1/s1. The second kappa shape index (κ2) is 11.9. The molecule has 36 heavy (non-hydrogen) atoms. The molecular weight excluding hydrogens is 502 g/mol. The van der Waals surface area contributed by atoms with Crippen molar-refractivity contribution in [1.82, 2.24) is 5.32 Å². The van der Waals surface area contributed by atoms with E-state index in [-0.39, 0.29) is 30.9 Å². The van der Waals surface area contributed by atoms with E-state index in [4.69, 9.17) is 22.1 Å². The van der Waals surface area contributed by atoms with E-state index in [1.165, 1.54) is 16.2 Å². The minimum atomic E-state index is -0.500. The van der Waals surface area contributed by atoms with E-state index in [2.05, 4.69) is 22.5 Å². The Morgan fingerprint density at radius 3 is 2.75 bits per heavy atom. The number of rotatable bonds is 10. The van der Waals surface area contributed by atoms with Crippen LogP contribution >= 0.6 is 22.9 Å². The first-order chi connectivity index (χ1) is 17.3. The maximum atomic E-state index is 12.7. The zero-order chi connectivity index (χ0) is 25.7. The highest BCUT2D eigenvalue weighted by atomic mass is 35.5. The largest absolute Gasteiger partial charge is 0.442 e. The highest BCUT2D eigenvalue weighted by Gasteiger charge is 2.33. The van der Waals surface area contributed by atoms with Crippen LogP contribution < -0.4 is 26.2 Å². The molecule has 2 fully saturated rings. The molecule has 3 heterocycles. The highest BCUT2D eigenvalue weighted by molar-refractivity contribution is 7.18. The molecule has 2 atom stereocenters. The first kappa shape index (κ1) is 26.2. The van der Waals surface area contributed by atoms with Gasteiger partial charge in [-0.25, -0.2) is 4.79 Å². The van der Waals surface area contributed by atoms with Crippen molar-refractivity contribution in [3.05, 3.63) is 39.5 Å². The summed E-state index contributed by atoms with van der Waals surface area (Å²) in [5.74, 6) is -0.314. The van der Waals surface area contributed by atoms with Crippen molar-refractivity contribution in [1.29, 1.82) is 0 Å². The van der Waals surface area contributed by atoms with Gasteiger partial charge in [-0.2, -0.15) is 0 Å². The third kappa shape index (κ3) is 6.48. The van der Waals surface area contributed by atoms with Gasteiger partial charge in [0.1, 0.15) is 6.10 Å². The number of hydrogen-bond donors (Lipinski definition) is 3. The fourth-order valence-electron chi connectivity index (χ4n) is 4.39. The van der Waals surface area contributed by atoms with E-state index >= 15 is 0 Å². The fraction of sp³-hybridized carbons (Fsp3) is 0.480. The SMILES string of the molecule is CCCCCC(=O)Nc1cc(N2CC(CNC(=O)c3ccc(Cl)s3)OC2=O)ccc1N1CC[C@@H](N)C1. The smallest absolute Gasteiger partial charge is 0.414 e. The van der Waals surface area contributed by atoms with Crippen LogP contribution in [0.1, 0.15) is 48.7 Å². The number of anilines is 3. The predicted octanol–water partition coefficient (Wildman–Crippen LogP) is 4.21. The summed E-state index contributed by atoms with van der Waals surface area (Å²) < 4.78 is 6.02. The molecule has 1 aromatic carbocycles. The van der Waals surface area contributed by atoms with Gasteiger partial charge < -0.3 is 26.0 Å².